The SMILES string of the molecule is Cc1nn(-c2ccccc2)c2c1[C@@H]1c3c(oc4ccc5ccccc5c4c3=O)OC(C)(C)[C@@H]1CS2. The average molecular weight is 481 g/mol. The Kier molecular flexibility index (Phi) is 4.31. The number of aryl methyl sites for hydroxylation is 1. The Morgan fingerprint density at radius 2 is 1.77 bits per heavy atom. The third kappa shape index (κ3) is 2.89. The molecular weight excluding hydrogens is 456 g/mol. The lowest BCUT2D eigenvalue weighted by Crippen LogP contribution is -2.49. The maximum Gasteiger partial charge on any atom is 0.293 e. The molecule has 5 nitrogen and oxygen atoms in total. The van der Waals surface area contributed by atoms with Crippen molar-refractivity contribution < 1.29 is 9.15 Å². The van der Waals surface area contributed by atoms with Gasteiger partial charge in [-0.1, -0.05) is 48.5 Å². The van der Waals surface area contributed by atoms with Gasteiger partial charge in [-0.3, -0.25) is 4.79 Å². The summed E-state index contributed by atoms with van der Waals surface area (Å²) < 4.78 is 14.8. The maximum absolute atomic E-state index is 14.3. The van der Waals surface area contributed by atoms with Gasteiger partial charge in [0, 0.05) is 23.2 Å². The van der Waals surface area contributed by atoms with Crippen molar-refractivity contribution in [3.63, 3.8) is 0 Å². The Balaban J connectivity index is 1.55. The zero-order valence-electron chi connectivity index (χ0n) is 19.7. The second-order valence-corrected chi connectivity index (χ2v) is 11.0. The smallest absolute Gasteiger partial charge is 0.293 e. The van der Waals surface area contributed by atoms with Crippen LogP contribution in [0.5, 0.6) is 5.95 Å². The molecule has 6 heteroatoms. The number of hydrogen-bond acceptors (Lipinski definition) is 5. The molecule has 3 aromatic carbocycles. The van der Waals surface area contributed by atoms with Gasteiger partial charge in [0.05, 0.1) is 22.3 Å². The summed E-state index contributed by atoms with van der Waals surface area (Å²) in [7, 11) is 0. The lowest BCUT2D eigenvalue weighted by molar-refractivity contribution is 0.00227. The van der Waals surface area contributed by atoms with Crippen molar-refractivity contribution in [2.24, 2.45) is 5.92 Å². The molecule has 2 aromatic heterocycles. The van der Waals surface area contributed by atoms with E-state index >= 15 is 0 Å². The Bertz CT molecular complexity index is 1700. The molecule has 4 heterocycles. The lowest BCUT2D eigenvalue weighted by Gasteiger charge is -2.45. The van der Waals surface area contributed by atoms with Gasteiger partial charge in [0.2, 0.25) is 5.43 Å². The van der Waals surface area contributed by atoms with Crippen molar-refractivity contribution in [1.29, 1.82) is 0 Å². The zero-order chi connectivity index (χ0) is 23.9. The highest BCUT2D eigenvalue weighted by Crippen LogP contribution is 2.55. The highest BCUT2D eigenvalue weighted by molar-refractivity contribution is 7.99. The number of rotatable bonds is 1. The summed E-state index contributed by atoms with van der Waals surface area (Å²) in [6.07, 6.45) is 0. The van der Waals surface area contributed by atoms with Crippen molar-refractivity contribution in [3.05, 3.63) is 93.8 Å². The highest BCUT2D eigenvalue weighted by atomic mass is 32.2. The Morgan fingerprint density at radius 3 is 2.60 bits per heavy atom. The molecular formula is C29H24N2O3S. The molecule has 0 fully saturated rings. The summed E-state index contributed by atoms with van der Waals surface area (Å²) >= 11 is 1.79. The molecule has 0 N–H and O–H groups in total. The molecule has 0 aliphatic carbocycles. The third-order valence-corrected chi connectivity index (χ3v) is 8.71. The lowest BCUT2D eigenvalue weighted by atomic mass is 9.72. The Morgan fingerprint density at radius 1 is 1.00 bits per heavy atom. The van der Waals surface area contributed by atoms with Gasteiger partial charge in [-0.15, -0.1) is 11.8 Å². The van der Waals surface area contributed by atoms with Gasteiger partial charge in [0.1, 0.15) is 16.2 Å². The van der Waals surface area contributed by atoms with Crippen molar-refractivity contribution in [1.82, 2.24) is 9.78 Å². The molecule has 174 valence electrons. The second-order valence-electron chi connectivity index (χ2n) is 9.94. The van der Waals surface area contributed by atoms with Crippen molar-refractivity contribution in [2.45, 2.75) is 37.3 Å². The van der Waals surface area contributed by atoms with Crippen LogP contribution >= 0.6 is 11.8 Å². The number of para-hydroxylation sites is 1. The topological polar surface area (TPSA) is 57.3 Å². The van der Waals surface area contributed by atoms with Crippen LogP contribution < -0.4 is 10.2 Å². The number of nitrogens with zero attached hydrogens (tertiary/aromatic N) is 2. The monoisotopic (exact) mass is 480 g/mol. The van der Waals surface area contributed by atoms with E-state index in [0.717, 1.165) is 38.5 Å². The summed E-state index contributed by atoms with van der Waals surface area (Å²) in [4.78, 5) is 14.3. The van der Waals surface area contributed by atoms with Crippen LogP contribution in [0.2, 0.25) is 0 Å². The van der Waals surface area contributed by atoms with Gasteiger partial charge in [0.25, 0.3) is 5.95 Å². The van der Waals surface area contributed by atoms with Gasteiger partial charge in [0.15, 0.2) is 0 Å². The van der Waals surface area contributed by atoms with E-state index in [1.54, 1.807) is 11.8 Å². The number of ether oxygens (including phenoxy) is 1. The first-order chi connectivity index (χ1) is 16.9. The van der Waals surface area contributed by atoms with E-state index < -0.39 is 5.60 Å². The fraction of sp³-hybridized carbons (Fsp3) is 0.241. The normalized spacial score (nSPS) is 20.2. The number of aromatic nitrogens is 2. The minimum atomic E-state index is -0.496. The Hall–Kier alpha value is -3.51. The van der Waals surface area contributed by atoms with Crippen molar-refractivity contribution >= 4 is 33.5 Å². The molecule has 0 bridgehead atoms. The summed E-state index contributed by atoms with van der Waals surface area (Å²) in [5.74, 6) is 1.13. The summed E-state index contributed by atoms with van der Waals surface area (Å²) in [6.45, 7) is 6.24. The molecule has 0 saturated carbocycles. The van der Waals surface area contributed by atoms with E-state index in [-0.39, 0.29) is 17.3 Å². The van der Waals surface area contributed by atoms with E-state index in [1.165, 1.54) is 0 Å². The van der Waals surface area contributed by atoms with Crippen LogP contribution in [-0.4, -0.2) is 21.1 Å². The van der Waals surface area contributed by atoms with Gasteiger partial charge in [-0.25, -0.2) is 4.68 Å². The number of benzene rings is 3. The number of fused-ring (bicyclic) bond motifs is 8. The highest BCUT2D eigenvalue weighted by Gasteiger charge is 2.51. The van der Waals surface area contributed by atoms with Crippen LogP contribution in [0.4, 0.5) is 0 Å². The fourth-order valence-corrected chi connectivity index (χ4v) is 7.41. The molecule has 0 amide bonds. The summed E-state index contributed by atoms with van der Waals surface area (Å²) in [6, 6.07) is 22.0. The predicted octanol–water partition coefficient (Wildman–Crippen LogP) is 6.47. The molecule has 5 aromatic rings. The molecule has 7 rings (SSSR count). The molecule has 2 atom stereocenters. The van der Waals surface area contributed by atoms with E-state index in [1.807, 2.05) is 66.2 Å². The summed E-state index contributed by atoms with van der Waals surface area (Å²) in [5, 5.41) is 8.58. The molecule has 0 unspecified atom stereocenters. The van der Waals surface area contributed by atoms with E-state index in [0.29, 0.717) is 22.5 Å². The molecule has 35 heavy (non-hydrogen) atoms. The van der Waals surface area contributed by atoms with Crippen molar-refractivity contribution in [2.75, 3.05) is 5.75 Å². The third-order valence-electron chi connectivity index (χ3n) is 7.52. The first-order valence-electron chi connectivity index (χ1n) is 11.9. The van der Waals surface area contributed by atoms with Crippen molar-refractivity contribution in [3.8, 4) is 11.6 Å². The van der Waals surface area contributed by atoms with Crippen LogP contribution in [0.15, 0.2) is 81.0 Å². The zero-order valence-corrected chi connectivity index (χ0v) is 20.6. The van der Waals surface area contributed by atoms with E-state index in [4.69, 9.17) is 14.3 Å². The average Bonchev–Trinajstić information content (AvgIpc) is 3.20. The van der Waals surface area contributed by atoms with Crippen LogP contribution in [0, 0.1) is 12.8 Å². The van der Waals surface area contributed by atoms with Gasteiger partial charge in [-0.2, -0.15) is 5.10 Å². The molecule has 0 saturated heterocycles. The van der Waals surface area contributed by atoms with E-state index in [2.05, 4.69) is 26.0 Å². The second kappa shape index (κ2) is 7.25. The maximum atomic E-state index is 14.3. The standard InChI is InChI=1S/C29H24N2O3S/c1-16-22-24-20(15-35-27(22)31(30-16)18-10-5-4-6-11-18)29(2,3)34-28-25(24)26(32)23-19-12-8-7-9-17(19)13-14-21(23)33-28/h4-14,20,24H,15H2,1-3H3/t20-,24-/m1/s1. The summed E-state index contributed by atoms with van der Waals surface area (Å²) in [5.41, 5.74) is 3.74. The Labute approximate surface area is 206 Å². The van der Waals surface area contributed by atoms with Gasteiger partial charge >= 0.3 is 0 Å². The van der Waals surface area contributed by atoms with Gasteiger partial charge in [-0.05, 0) is 49.7 Å². The van der Waals surface area contributed by atoms with Crippen LogP contribution in [0.3, 0.4) is 0 Å². The molecule has 2 aliphatic heterocycles. The molecule has 0 radical (unpaired) electrons. The van der Waals surface area contributed by atoms with E-state index in [9.17, 15) is 4.79 Å². The number of hydrogen-bond donors (Lipinski definition) is 0. The largest absolute Gasteiger partial charge is 0.458 e. The minimum absolute atomic E-state index is 0.00624. The molecule has 0 spiro atoms. The quantitative estimate of drug-likeness (QED) is 0.258. The minimum Gasteiger partial charge on any atom is -0.458 e. The van der Waals surface area contributed by atoms with Crippen LogP contribution in [-0.2, 0) is 0 Å². The number of thioether (sulfide) groups is 1. The fourth-order valence-electron chi connectivity index (χ4n) is 5.78. The van der Waals surface area contributed by atoms with Crippen LogP contribution in [0.1, 0.15) is 36.6 Å². The predicted molar refractivity (Wildman–Crippen MR) is 139 cm³/mol. The van der Waals surface area contributed by atoms with Crippen LogP contribution in [0.25, 0.3) is 27.4 Å². The first-order valence-corrected chi connectivity index (χ1v) is 12.9. The molecule has 2 aliphatic rings. The first kappa shape index (κ1) is 20.8. The van der Waals surface area contributed by atoms with Gasteiger partial charge < -0.3 is 9.15 Å².